The van der Waals surface area contributed by atoms with E-state index in [4.69, 9.17) is 4.74 Å². The number of hydrogen-bond acceptors (Lipinski definition) is 4. The number of carbonyl (C=O) groups is 1. The fourth-order valence-corrected chi connectivity index (χ4v) is 1.74. The Morgan fingerprint density at radius 2 is 2.00 bits per heavy atom. The van der Waals surface area contributed by atoms with Crippen molar-refractivity contribution in [3.05, 3.63) is 53.6 Å². The Hall–Kier alpha value is -2.23. The molecule has 1 aromatic carbocycles. The number of ether oxygens (including phenoxy) is 1. The summed E-state index contributed by atoms with van der Waals surface area (Å²) in [6.45, 7) is 1.98. The second-order valence-electron chi connectivity index (χ2n) is 3.99. The Balaban J connectivity index is 2.24. The van der Waals surface area contributed by atoms with Gasteiger partial charge < -0.3 is 4.74 Å². The van der Waals surface area contributed by atoms with E-state index in [1.165, 1.54) is 0 Å². The zero-order valence-electron chi connectivity index (χ0n) is 10.4. The van der Waals surface area contributed by atoms with Crippen LogP contribution < -0.4 is 4.74 Å². The molecule has 92 valence electrons. The van der Waals surface area contributed by atoms with E-state index in [1.807, 2.05) is 25.1 Å². The van der Waals surface area contributed by atoms with Gasteiger partial charge in [-0.25, -0.2) is 9.97 Å². The lowest BCUT2D eigenvalue weighted by atomic mass is 10.0. The van der Waals surface area contributed by atoms with E-state index < -0.39 is 0 Å². The highest BCUT2D eigenvalue weighted by Crippen LogP contribution is 2.20. The van der Waals surface area contributed by atoms with Gasteiger partial charge in [0, 0.05) is 24.4 Å². The molecule has 1 aromatic heterocycles. The van der Waals surface area contributed by atoms with E-state index in [0.29, 0.717) is 5.75 Å². The van der Waals surface area contributed by atoms with Gasteiger partial charge in [-0.15, -0.1) is 0 Å². The summed E-state index contributed by atoms with van der Waals surface area (Å²) in [5.41, 5.74) is 1.95. The first-order valence-corrected chi connectivity index (χ1v) is 5.64. The van der Waals surface area contributed by atoms with Gasteiger partial charge >= 0.3 is 0 Å². The summed E-state index contributed by atoms with van der Waals surface area (Å²) in [4.78, 5) is 19.9. The molecule has 4 nitrogen and oxygen atoms in total. The van der Waals surface area contributed by atoms with E-state index in [-0.39, 0.29) is 18.0 Å². The standard InChI is InChI=1S/C14H14N2O2/c1-10-4-5-13(18-2)11(8-10)9-12(17)14-15-6-3-7-16-14/h3-8H,9H2,1-2H3. The lowest BCUT2D eigenvalue weighted by Crippen LogP contribution is -2.09. The van der Waals surface area contributed by atoms with Crippen molar-refractivity contribution < 1.29 is 9.53 Å². The summed E-state index contributed by atoms with van der Waals surface area (Å²) >= 11 is 0. The van der Waals surface area contributed by atoms with Crippen molar-refractivity contribution >= 4 is 5.78 Å². The number of methoxy groups -OCH3 is 1. The predicted molar refractivity (Wildman–Crippen MR) is 67.8 cm³/mol. The summed E-state index contributed by atoms with van der Waals surface area (Å²) in [7, 11) is 1.59. The topological polar surface area (TPSA) is 52.1 Å². The number of carbonyl (C=O) groups excluding carboxylic acids is 1. The molecule has 0 N–H and O–H groups in total. The van der Waals surface area contributed by atoms with E-state index >= 15 is 0 Å². The maximum absolute atomic E-state index is 12.0. The third kappa shape index (κ3) is 2.71. The van der Waals surface area contributed by atoms with Crippen LogP contribution in [0.5, 0.6) is 5.75 Å². The number of aromatic nitrogens is 2. The average molecular weight is 242 g/mol. The number of Topliss-reactive ketones (excluding diaryl/α,β-unsaturated/α-hetero) is 1. The van der Waals surface area contributed by atoms with Crippen LogP contribution in [0.25, 0.3) is 0 Å². The minimum absolute atomic E-state index is 0.112. The monoisotopic (exact) mass is 242 g/mol. The van der Waals surface area contributed by atoms with Crippen molar-refractivity contribution in [2.24, 2.45) is 0 Å². The first-order chi connectivity index (χ1) is 8.70. The first kappa shape index (κ1) is 12.2. The molecule has 0 bridgehead atoms. The van der Waals surface area contributed by atoms with Crippen LogP contribution in [0.15, 0.2) is 36.7 Å². The Labute approximate surface area is 106 Å². The van der Waals surface area contributed by atoms with Gasteiger partial charge in [0.25, 0.3) is 0 Å². The molecule has 1 heterocycles. The largest absolute Gasteiger partial charge is 0.496 e. The third-order valence-corrected chi connectivity index (χ3v) is 2.60. The molecular formula is C14H14N2O2. The molecular weight excluding hydrogens is 228 g/mol. The quantitative estimate of drug-likeness (QED) is 0.771. The van der Waals surface area contributed by atoms with Crippen molar-refractivity contribution in [2.45, 2.75) is 13.3 Å². The van der Waals surface area contributed by atoms with Crippen molar-refractivity contribution in [3.63, 3.8) is 0 Å². The van der Waals surface area contributed by atoms with Crippen LogP contribution >= 0.6 is 0 Å². The minimum Gasteiger partial charge on any atom is -0.496 e. The van der Waals surface area contributed by atoms with Crippen LogP contribution in [0.2, 0.25) is 0 Å². The van der Waals surface area contributed by atoms with Crippen molar-refractivity contribution in [1.29, 1.82) is 0 Å². The van der Waals surface area contributed by atoms with Gasteiger partial charge in [0.15, 0.2) is 5.82 Å². The van der Waals surface area contributed by atoms with Crippen LogP contribution in [0.4, 0.5) is 0 Å². The van der Waals surface area contributed by atoms with E-state index in [1.54, 1.807) is 25.6 Å². The predicted octanol–water partition coefficient (Wildman–Crippen LogP) is 2.22. The number of aryl methyl sites for hydroxylation is 1. The van der Waals surface area contributed by atoms with Crippen LogP contribution in [-0.4, -0.2) is 22.9 Å². The summed E-state index contributed by atoms with van der Waals surface area (Å²) < 4.78 is 5.24. The van der Waals surface area contributed by atoms with Gasteiger partial charge in [-0.3, -0.25) is 4.79 Å². The van der Waals surface area contributed by atoms with Gasteiger partial charge in [-0.2, -0.15) is 0 Å². The fraction of sp³-hybridized carbons (Fsp3) is 0.214. The van der Waals surface area contributed by atoms with E-state index in [9.17, 15) is 4.79 Å². The average Bonchev–Trinajstić information content (AvgIpc) is 2.40. The Morgan fingerprint density at radius 1 is 1.28 bits per heavy atom. The van der Waals surface area contributed by atoms with E-state index in [0.717, 1.165) is 11.1 Å². The molecule has 0 unspecified atom stereocenters. The Bertz CT molecular complexity index is 553. The molecule has 0 aliphatic heterocycles. The summed E-state index contributed by atoms with van der Waals surface area (Å²) in [5, 5.41) is 0. The molecule has 0 atom stereocenters. The number of rotatable bonds is 4. The number of nitrogens with zero attached hydrogens (tertiary/aromatic N) is 2. The van der Waals surface area contributed by atoms with Crippen LogP contribution in [0, 0.1) is 6.92 Å². The highest BCUT2D eigenvalue weighted by atomic mass is 16.5. The Kier molecular flexibility index (Phi) is 3.67. The highest BCUT2D eigenvalue weighted by Gasteiger charge is 2.12. The Morgan fingerprint density at radius 3 is 2.67 bits per heavy atom. The fourth-order valence-electron chi connectivity index (χ4n) is 1.74. The van der Waals surface area contributed by atoms with Crippen molar-refractivity contribution in [2.75, 3.05) is 7.11 Å². The number of hydrogen-bond donors (Lipinski definition) is 0. The second-order valence-corrected chi connectivity index (χ2v) is 3.99. The molecule has 0 fully saturated rings. The summed E-state index contributed by atoms with van der Waals surface area (Å²) in [5.74, 6) is 0.838. The molecule has 4 heteroatoms. The second kappa shape index (κ2) is 5.40. The SMILES string of the molecule is COc1ccc(C)cc1CC(=O)c1ncccn1. The zero-order valence-corrected chi connectivity index (χ0v) is 10.4. The van der Waals surface area contributed by atoms with Crippen molar-refractivity contribution in [1.82, 2.24) is 9.97 Å². The molecule has 0 saturated heterocycles. The molecule has 2 rings (SSSR count). The smallest absolute Gasteiger partial charge is 0.204 e. The number of benzene rings is 1. The molecule has 2 aromatic rings. The van der Waals surface area contributed by atoms with Gasteiger partial charge in [-0.1, -0.05) is 17.7 Å². The maximum Gasteiger partial charge on any atom is 0.204 e. The lowest BCUT2D eigenvalue weighted by Gasteiger charge is -2.08. The molecule has 0 aliphatic rings. The van der Waals surface area contributed by atoms with Gasteiger partial charge in [-0.05, 0) is 19.1 Å². The molecule has 0 spiro atoms. The van der Waals surface area contributed by atoms with E-state index in [2.05, 4.69) is 9.97 Å². The summed E-state index contributed by atoms with van der Waals surface area (Å²) in [6, 6.07) is 7.44. The van der Waals surface area contributed by atoms with Crippen LogP contribution in [0.3, 0.4) is 0 Å². The van der Waals surface area contributed by atoms with Crippen LogP contribution in [-0.2, 0) is 6.42 Å². The molecule has 0 aliphatic carbocycles. The highest BCUT2D eigenvalue weighted by molar-refractivity contribution is 5.94. The van der Waals surface area contributed by atoms with Gasteiger partial charge in [0.1, 0.15) is 5.75 Å². The van der Waals surface area contributed by atoms with Gasteiger partial charge in [0.05, 0.1) is 7.11 Å². The lowest BCUT2D eigenvalue weighted by molar-refractivity contribution is 0.0982. The molecule has 0 saturated carbocycles. The number of ketones is 1. The van der Waals surface area contributed by atoms with Gasteiger partial charge in [0.2, 0.25) is 5.78 Å². The van der Waals surface area contributed by atoms with Crippen molar-refractivity contribution in [3.8, 4) is 5.75 Å². The third-order valence-electron chi connectivity index (χ3n) is 2.60. The summed E-state index contributed by atoms with van der Waals surface area (Å²) in [6.07, 6.45) is 3.37. The minimum atomic E-state index is -0.112. The molecule has 0 radical (unpaired) electrons. The molecule has 18 heavy (non-hydrogen) atoms. The maximum atomic E-state index is 12.0. The van der Waals surface area contributed by atoms with Crippen LogP contribution in [0.1, 0.15) is 21.7 Å². The molecule has 0 amide bonds. The first-order valence-electron chi connectivity index (χ1n) is 5.64. The zero-order chi connectivity index (χ0) is 13.0. The normalized spacial score (nSPS) is 10.1.